The Morgan fingerprint density at radius 1 is 0.643 bits per heavy atom. The molecule has 0 fully saturated rings. The van der Waals surface area contributed by atoms with Gasteiger partial charge in [-0.1, -0.05) is 48.5 Å². The van der Waals surface area contributed by atoms with Gasteiger partial charge in [0.25, 0.3) is 0 Å². The number of rotatable bonds is 5. The van der Waals surface area contributed by atoms with Crippen molar-refractivity contribution in [3.8, 4) is 16.9 Å². The van der Waals surface area contributed by atoms with E-state index in [1.807, 2.05) is 24.3 Å². The lowest BCUT2D eigenvalue weighted by molar-refractivity contribution is -0.131. The highest BCUT2D eigenvalue weighted by Crippen LogP contribution is 2.23. The lowest BCUT2D eigenvalue weighted by atomic mass is 9.99. The van der Waals surface area contributed by atoms with E-state index in [0.29, 0.717) is 22.4 Å². The number of benzene rings is 3. The summed E-state index contributed by atoms with van der Waals surface area (Å²) in [5, 5.41) is 0. The maximum Gasteiger partial charge on any atom is 0.337 e. The van der Waals surface area contributed by atoms with Gasteiger partial charge in [0.15, 0.2) is 5.78 Å². The molecule has 3 aromatic rings. The van der Waals surface area contributed by atoms with E-state index in [9.17, 15) is 14.4 Å². The van der Waals surface area contributed by atoms with E-state index in [0.717, 1.165) is 11.1 Å². The summed E-state index contributed by atoms with van der Waals surface area (Å²) in [6.07, 6.45) is 0. The van der Waals surface area contributed by atoms with E-state index >= 15 is 0 Å². The normalized spacial score (nSPS) is 10.2. The average molecular weight is 374 g/mol. The molecule has 28 heavy (non-hydrogen) atoms. The van der Waals surface area contributed by atoms with E-state index in [4.69, 9.17) is 4.74 Å². The Bertz CT molecular complexity index is 1000. The minimum absolute atomic E-state index is 0.131. The first kappa shape index (κ1) is 19.0. The van der Waals surface area contributed by atoms with E-state index in [1.165, 1.54) is 14.0 Å². The molecule has 0 saturated carbocycles. The molecular formula is C23H18O5. The van der Waals surface area contributed by atoms with Gasteiger partial charge in [0.1, 0.15) is 5.75 Å². The van der Waals surface area contributed by atoms with Crippen molar-refractivity contribution in [2.75, 3.05) is 7.11 Å². The molecule has 0 spiro atoms. The second kappa shape index (κ2) is 8.31. The Labute approximate surface area is 162 Å². The van der Waals surface area contributed by atoms with Gasteiger partial charge in [0.05, 0.1) is 12.7 Å². The first-order valence-electron chi connectivity index (χ1n) is 8.60. The molecule has 5 heteroatoms. The Balaban J connectivity index is 1.75. The van der Waals surface area contributed by atoms with Crippen LogP contribution in [0.1, 0.15) is 33.2 Å². The van der Waals surface area contributed by atoms with Crippen molar-refractivity contribution in [1.29, 1.82) is 0 Å². The molecule has 0 atom stereocenters. The predicted molar refractivity (Wildman–Crippen MR) is 104 cm³/mol. The standard InChI is InChI=1S/C23H18O5/c1-15(24)28-21-13-11-17(12-14-21)16-3-5-18(6-4-16)22(25)19-7-9-20(10-8-19)23(26)27-2/h3-14H,1-2H3. The van der Waals surface area contributed by atoms with Crippen LogP contribution in [0, 0.1) is 0 Å². The molecule has 0 N–H and O–H groups in total. The predicted octanol–water partition coefficient (Wildman–Crippen LogP) is 4.30. The molecule has 140 valence electrons. The van der Waals surface area contributed by atoms with Crippen molar-refractivity contribution in [1.82, 2.24) is 0 Å². The van der Waals surface area contributed by atoms with Crippen molar-refractivity contribution in [2.24, 2.45) is 0 Å². The van der Waals surface area contributed by atoms with Crippen molar-refractivity contribution < 1.29 is 23.9 Å². The molecule has 0 heterocycles. The monoisotopic (exact) mass is 374 g/mol. The lowest BCUT2D eigenvalue weighted by Crippen LogP contribution is -2.04. The second-order valence-electron chi connectivity index (χ2n) is 6.09. The Hall–Kier alpha value is -3.73. The van der Waals surface area contributed by atoms with Crippen LogP contribution in [-0.4, -0.2) is 24.8 Å². The van der Waals surface area contributed by atoms with Gasteiger partial charge in [-0.15, -0.1) is 0 Å². The summed E-state index contributed by atoms with van der Waals surface area (Å²) >= 11 is 0. The molecular weight excluding hydrogens is 356 g/mol. The smallest absolute Gasteiger partial charge is 0.337 e. The fourth-order valence-corrected chi connectivity index (χ4v) is 2.74. The van der Waals surface area contributed by atoms with Crippen LogP contribution in [0.2, 0.25) is 0 Å². The minimum Gasteiger partial charge on any atom is -0.465 e. The Kier molecular flexibility index (Phi) is 5.65. The van der Waals surface area contributed by atoms with Crippen LogP contribution < -0.4 is 4.74 Å². The zero-order valence-corrected chi connectivity index (χ0v) is 15.5. The summed E-state index contributed by atoms with van der Waals surface area (Å²) in [5.74, 6) is -0.454. The van der Waals surface area contributed by atoms with Gasteiger partial charge >= 0.3 is 11.9 Å². The highest BCUT2D eigenvalue weighted by atomic mass is 16.5. The van der Waals surface area contributed by atoms with Gasteiger partial charge in [-0.25, -0.2) is 4.79 Å². The molecule has 3 rings (SSSR count). The molecule has 0 aliphatic rings. The first-order chi connectivity index (χ1) is 13.5. The molecule has 0 saturated heterocycles. The highest BCUT2D eigenvalue weighted by Gasteiger charge is 2.11. The number of ether oxygens (including phenoxy) is 2. The first-order valence-corrected chi connectivity index (χ1v) is 8.60. The van der Waals surface area contributed by atoms with Crippen LogP contribution in [0.5, 0.6) is 5.75 Å². The maximum absolute atomic E-state index is 12.6. The molecule has 0 unspecified atom stereocenters. The highest BCUT2D eigenvalue weighted by molar-refractivity contribution is 6.09. The van der Waals surface area contributed by atoms with Crippen molar-refractivity contribution in [3.63, 3.8) is 0 Å². The zero-order valence-electron chi connectivity index (χ0n) is 15.5. The van der Waals surface area contributed by atoms with E-state index in [-0.39, 0.29) is 11.8 Å². The number of hydrogen-bond acceptors (Lipinski definition) is 5. The third kappa shape index (κ3) is 4.32. The summed E-state index contributed by atoms with van der Waals surface area (Å²) < 4.78 is 9.68. The maximum atomic E-state index is 12.6. The van der Waals surface area contributed by atoms with Gasteiger partial charge in [-0.05, 0) is 35.4 Å². The third-order valence-electron chi connectivity index (χ3n) is 4.16. The van der Waals surface area contributed by atoms with Crippen LogP contribution in [0.4, 0.5) is 0 Å². The molecule has 0 aliphatic carbocycles. The van der Waals surface area contributed by atoms with E-state index in [2.05, 4.69) is 4.74 Å². The summed E-state index contributed by atoms with van der Waals surface area (Å²) in [6.45, 7) is 1.35. The topological polar surface area (TPSA) is 69.7 Å². The van der Waals surface area contributed by atoms with Crippen LogP contribution >= 0.6 is 0 Å². The van der Waals surface area contributed by atoms with Crippen molar-refractivity contribution in [3.05, 3.63) is 89.5 Å². The Morgan fingerprint density at radius 2 is 1.07 bits per heavy atom. The van der Waals surface area contributed by atoms with Gasteiger partial charge < -0.3 is 9.47 Å². The summed E-state index contributed by atoms with van der Waals surface area (Å²) in [5.41, 5.74) is 3.31. The molecule has 0 aromatic heterocycles. The third-order valence-corrected chi connectivity index (χ3v) is 4.16. The number of hydrogen-bond donors (Lipinski definition) is 0. The summed E-state index contributed by atoms with van der Waals surface area (Å²) in [4.78, 5) is 35.1. The molecule has 0 amide bonds. The molecule has 0 aliphatic heterocycles. The number of esters is 2. The Morgan fingerprint density at radius 3 is 1.54 bits per heavy atom. The quantitative estimate of drug-likeness (QED) is 0.378. The van der Waals surface area contributed by atoms with Gasteiger partial charge in [-0.2, -0.15) is 0 Å². The van der Waals surface area contributed by atoms with Crippen LogP contribution in [0.15, 0.2) is 72.8 Å². The van der Waals surface area contributed by atoms with Crippen LogP contribution in [-0.2, 0) is 9.53 Å². The average Bonchev–Trinajstić information content (AvgIpc) is 2.73. The summed E-state index contributed by atoms with van der Waals surface area (Å²) in [6, 6.07) is 20.7. The number of carbonyl (C=O) groups is 3. The van der Waals surface area contributed by atoms with Crippen LogP contribution in [0.25, 0.3) is 11.1 Å². The van der Waals surface area contributed by atoms with E-state index in [1.54, 1.807) is 48.5 Å². The molecule has 3 aromatic carbocycles. The van der Waals surface area contributed by atoms with Gasteiger partial charge in [-0.3, -0.25) is 9.59 Å². The fraction of sp³-hybridized carbons (Fsp3) is 0.0870. The zero-order chi connectivity index (χ0) is 20.1. The van der Waals surface area contributed by atoms with Crippen LogP contribution in [0.3, 0.4) is 0 Å². The van der Waals surface area contributed by atoms with Crippen molar-refractivity contribution >= 4 is 17.7 Å². The summed E-state index contributed by atoms with van der Waals surface area (Å²) in [7, 11) is 1.31. The molecule has 5 nitrogen and oxygen atoms in total. The molecule has 0 bridgehead atoms. The minimum atomic E-state index is -0.442. The number of methoxy groups -OCH3 is 1. The second-order valence-corrected chi connectivity index (χ2v) is 6.09. The fourth-order valence-electron chi connectivity index (χ4n) is 2.74. The van der Waals surface area contributed by atoms with E-state index < -0.39 is 5.97 Å². The molecule has 0 radical (unpaired) electrons. The SMILES string of the molecule is COC(=O)c1ccc(C(=O)c2ccc(-c3ccc(OC(C)=O)cc3)cc2)cc1. The lowest BCUT2D eigenvalue weighted by Gasteiger charge is -2.06. The van der Waals surface area contributed by atoms with Gasteiger partial charge in [0, 0.05) is 18.1 Å². The number of ketones is 1. The number of carbonyl (C=O) groups excluding carboxylic acids is 3. The van der Waals surface area contributed by atoms with Gasteiger partial charge in [0.2, 0.25) is 0 Å². The largest absolute Gasteiger partial charge is 0.465 e. The van der Waals surface area contributed by atoms with Crippen molar-refractivity contribution in [2.45, 2.75) is 6.92 Å².